The molecule has 9 nitrogen and oxygen atoms in total. The zero-order chi connectivity index (χ0) is 18.0. The van der Waals surface area contributed by atoms with Crippen LogP contribution in [0, 0.1) is 13.8 Å². The highest BCUT2D eigenvalue weighted by Crippen LogP contribution is 2.39. The van der Waals surface area contributed by atoms with E-state index in [2.05, 4.69) is 20.4 Å². The Bertz CT molecular complexity index is 1010. The van der Waals surface area contributed by atoms with Gasteiger partial charge in [-0.2, -0.15) is 10.1 Å². The van der Waals surface area contributed by atoms with Gasteiger partial charge in [0.15, 0.2) is 11.5 Å². The van der Waals surface area contributed by atoms with Crippen LogP contribution in [0.3, 0.4) is 0 Å². The van der Waals surface area contributed by atoms with Crippen LogP contribution in [-0.2, 0) is 20.1 Å². The third kappa shape index (κ3) is 2.19. The van der Waals surface area contributed by atoms with Crippen molar-refractivity contribution in [3.63, 3.8) is 0 Å². The van der Waals surface area contributed by atoms with E-state index in [1.807, 2.05) is 7.05 Å². The summed E-state index contributed by atoms with van der Waals surface area (Å²) in [4.78, 5) is 19.2. The second kappa shape index (κ2) is 5.26. The molecule has 1 amide bonds. The Morgan fingerprint density at radius 3 is 2.65 bits per heavy atom. The lowest BCUT2D eigenvalue weighted by atomic mass is 10.2. The molecule has 1 aliphatic carbocycles. The monoisotopic (exact) mass is 354 g/mol. The molecule has 0 saturated heterocycles. The quantitative estimate of drug-likeness (QED) is 0.709. The van der Waals surface area contributed by atoms with Crippen molar-refractivity contribution in [2.24, 2.45) is 7.05 Å². The van der Waals surface area contributed by atoms with E-state index in [0.29, 0.717) is 47.6 Å². The van der Waals surface area contributed by atoms with Gasteiger partial charge in [-0.05, 0) is 26.7 Å². The number of aryl methyl sites for hydroxylation is 3. The third-order valence-corrected chi connectivity index (χ3v) is 5.09. The topological polar surface area (TPSA) is 103 Å². The van der Waals surface area contributed by atoms with Crippen LogP contribution in [0.15, 0.2) is 9.05 Å². The zero-order valence-corrected chi connectivity index (χ0v) is 14.8. The Balaban J connectivity index is 1.47. The van der Waals surface area contributed by atoms with E-state index < -0.39 is 0 Å². The maximum absolute atomic E-state index is 12.9. The third-order valence-electron chi connectivity index (χ3n) is 5.09. The van der Waals surface area contributed by atoms with Crippen molar-refractivity contribution in [3.05, 3.63) is 34.1 Å². The van der Waals surface area contributed by atoms with E-state index in [-0.39, 0.29) is 5.91 Å². The van der Waals surface area contributed by atoms with Gasteiger partial charge in [-0.3, -0.25) is 9.48 Å². The minimum atomic E-state index is -0.0902. The van der Waals surface area contributed by atoms with Crippen molar-refractivity contribution in [2.75, 3.05) is 0 Å². The van der Waals surface area contributed by atoms with E-state index in [0.717, 1.165) is 29.9 Å². The molecule has 0 spiro atoms. The van der Waals surface area contributed by atoms with Crippen molar-refractivity contribution >= 4 is 5.91 Å². The summed E-state index contributed by atoms with van der Waals surface area (Å²) in [5.41, 5.74) is 3.73. The molecular formula is C17H18N6O3. The van der Waals surface area contributed by atoms with Gasteiger partial charge in [0.25, 0.3) is 11.8 Å². The van der Waals surface area contributed by atoms with Crippen molar-refractivity contribution in [2.45, 2.75) is 45.7 Å². The van der Waals surface area contributed by atoms with Crippen LogP contribution in [0.1, 0.15) is 57.7 Å². The average molecular weight is 354 g/mol. The fourth-order valence-corrected chi connectivity index (χ4v) is 3.49. The van der Waals surface area contributed by atoms with Gasteiger partial charge in [0.1, 0.15) is 11.3 Å². The maximum atomic E-state index is 12.9. The summed E-state index contributed by atoms with van der Waals surface area (Å²) in [6.45, 7) is 4.45. The van der Waals surface area contributed by atoms with E-state index in [1.165, 1.54) is 0 Å². The highest BCUT2D eigenvalue weighted by atomic mass is 16.5. The van der Waals surface area contributed by atoms with Gasteiger partial charge in [0, 0.05) is 18.5 Å². The SMILES string of the molecule is Cc1noc(C)c1C(=O)N1Cc2c(-c3nc(C4CC4)no3)nn(C)c2C1. The number of hydrogen-bond donors (Lipinski definition) is 0. The molecule has 0 bridgehead atoms. The molecule has 3 aromatic heterocycles. The van der Waals surface area contributed by atoms with E-state index in [4.69, 9.17) is 9.05 Å². The lowest BCUT2D eigenvalue weighted by Gasteiger charge is -2.15. The van der Waals surface area contributed by atoms with E-state index in [1.54, 1.807) is 23.4 Å². The minimum Gasteiger partial charge on any atom is -0.361 e. The van der Waals surface area contributed by atoms with E-state index in [9.17, 15) is 4.79 Å². The summed E-state index contributed by atoms with van der Waals surface area (Å²) < 4.78 is 12.3. The molecule has 26 heavy (non-hydrogen) atoms. The molecule has 0 radical (unpaired) electrons. The van der Waals surface area contributed by atoms with Gasteiger partial charge >= 0.3 is 0 Å². The summed E-state index contributed by atoms with van der Waals surface area (Å²) >= 11 is 0. The molecule has 134 valence electrons. The lowest BCUT2D eigenvalue weighted by Crippen LogP contribution is -2.27. The summed E-state index contributed by atoms with van der Waals surface area (Å²) in [5.74, 6) is 2.04. The Labute approximate surface area is 148 Å². The molecule has 1 saturated carbocycles. The van der Waals surface area contributed by atoms with Crippen LogP contribution in [0.2, 0.25) is 0 Å². The first-order chi connectivity index (χ1) is 12.5. The number of fused-ring (bicyclic) bond motifs is 1. The largest absolute Gasteiger partial charge is 0.361 e. The van der Waals surface area contributed by atoms with Gasteiger partial charge in [-0.1, -0.05) is 10.3 Å². The van der Waals surface area contributed by atoms with Crippen molar-refractivity contribution < 1.29 is 13.8 Å². The first kappa shape index (κ1) is 15.3. The Kier molecular flexibility index (Phi) is 3.10. The molecule has 0 N–H and O–H groups in total. The predicted octanol–water partition coefficient (Wildman–Crippen LogP) is 2.11. The second-order valence-corrected chi connectivity index (χ2v) is 6.99. The summed E-state index contributed by atoms with van der Waals surface area (Å²) in [6.07, 6.45) is 2.22. The van der Waals surface area contributed by atoms with Crippen LogP contribution in [-0.4, -0.2) is 35.9 Å². The molecule has 0 atom stereocenters. The van der Waals surface area contributed by atoms with Crippen molar-refractivity contribution in [3.8, 4) is 11.6 Å². The molecular weight excluding hydrogens is 336 g/mol. The Morgan fingerprint density at radius 2 is 1.96 bits per heavy atom. The summed E-state index contributed by atoms with van der Waals surface area (Å²) in [5, 5.41) is 12.5. The second-order valence-electron chi connectivity index (χ2n) is 6.99. The normalized spacial score (nSPS) is 16.3. The van der Waals surface area contributed by atoms with E-state index >= 15 is 0 Å². The van der Waals surface area contributed by atoms with Gasteiger partial charge in [-0.15, -0.1) is 0 Å². The number of aromatic nitrogens is 5. The molecule has 4 heterocycles. The molecule has 0 unspecified atom stereocenters. The number of carbonyl (C=O) groups excluding carboxylic acids is 1. The van der Waals surface area contributed by atoms with Crippen molar-refractivity contribution in [1.29, 1.82) is 0 Å². The molecule has 0 aromatic carbocycles. The highest BCUT2D eigenvalue weighted by Gasteiger charge is 2.35. The predicted molar refractivity (Wildman–Crippen MR) is 88.0 cm³/mol. The Hall–Kier alpha value is -2.97. The minimum absolute atomic E-state index is 0.0902. The first-order valence-corrected chi connectivity index (χ1v) is 8.63. The summed E-state index contributed by atoms with van der Waals surface area (Å²) in [6, 6.07) is 0. The van der Waals surface area contributed by atoms with Crippen molar-refractivity contribution in [1.82, 2.24) is 30.0 Å². The van der Waals surface area contributed by atoms with Crippen LogP contribution in [0.5, 0.6) is 0 Å². The molecule has 3 aromatic rings. The van der Waals surface area contributed by atoms with Crippen LogP contribution >= 0.6 is 0 Å². The standard InChI is InChI=1S/C17H18N6O3/c1-8-13(9(2)25-20-8)17(24)23-6-11-12(7-23)22(3)19-14(11)16-18-15(21-26-16)10-4-5-10/h10H,4-7H2,1-3H3. The fourth-order valence-electron chi connectivity index (χ4n) is 3.49. The molecule has 1 fully saturated rings. The Morgan fingerprint density at radius 1 is 1.15 bits per heavy atom. The maximum Gasteiger partial charge on any atom is 0.278 e. The zero-order valence-electron chi connectivity index (χ0n) is 14.8. The highest BCUT2D eigenvalue weighted by molar-refractivity contribution is 5.96. The number of hydrogen-bond acceptors (Lipinski definition) is 7. The lowest BCUT2D eigenvalue weighted by molar-refractivity contribution is 0.0746. The van der Waals surface area contributed by atoms with Gasteiger partial charge in [0.05, 0.1) is 24.5 Å². The summed E-state index contributed by atoms with van der Waals surface area (Å²) in [7, 11) is 1.87. The number of amides is 1. The van der Waals surface area contributed by atoms with Gasteiger partial charge in [0.2, 0.25) is 0 Å². The van der Waals surface area contributed by atoms with Crippen LogP contribution in [0.25, 0.3) is 11.6 Å². The van der Waals surface area contributed by atoms with Crippen LogP contribution < -0.4 is 0 Å². The van der Waals surface area contributed by atoms with Gasteiger partial charge < -0.3 is 13.9 Å². The molecule has 2 aliphatic rings. The smallest absolute Gasteiger partial charge is 0.278 e. The number of carbonyl (C=O) groups is 1. The average Bonchev–Trinajstić information content (AvgIpc) is 2.98. The molecule has 1 aliphatic heterocycles. The van der Waals surface area contributed by atoms with Gasteiger partial charge in [-0.25, -0.2) is 0 Å². The molecule has 5 rings (SSSR count). The molecule has 9 heteroatoms. The number of rotatable bonds is 3. The fraction of sp³-hybridized carbons (Fsp3) is 0.471. The first-order valence-electron chi connectivity index (χ1n) is 8.63. The number of nitrogens with zero attached hydrogens (tertiary/aromatic N) is 6. The van der Waals surface area contributed by atoms with Crippen LogP contribution in [0.4, 0.5) is 0 Å².